The lowest BCUT2D eigenvalue weighted by molar-refractivity contribution is -0.119. The first-order chi connectivity index (χ1) is 19.4. The Labute approximate surface area is 235 Å². The van der Waals surface area contributed by atoms with Gasteiger partial charge >= 0.3 is 6.16 Å². The number of benzene rings is 3. The second-order valence-electron chi connectivity index (χ2n) is 10.00. The number of nitrogens with zero attached hydrogens (tertiary/aromatic N) is 2. The maximum Gasteiger partial charge on any atom is 0.511 e. The maximum atomic E-state index is 12.3. The number of para-hydroxylation sites is 1. The number of aryl methyl sites for hydroxylation is 2. The van der Waals surface area contributed by atoms with Crippen molar-refractivity contribution in [1.29, 1.82) is 0 Å². The van der Waals surface area contributed by atoms with Crippen molar-refractivity contribution in [2.75, 3.05) is 18.4 Å². The van der Waals surface area contributed by atoms with E-state index in [-0.39, 0.29) is 12.5 Å². The van der Waals surface area contributed by atoms with E-state index in [1.165, 1.54) is 0 Å². The van der Waals surface area contributed by atoms with Crippen LogP contribution in [0.25, 0.3) is 22.2 Å². The van der Waals surface area contributed by atoms with E-state index in [1.54, 1.807) is 12.1 Å². The van der Waals surface area contributed by atoms with E-state index in [9.17, 15) is 9.59 Å². The molecular weight excluding hydrogens is 504 g/mol. The number of carbonyl (C=O) groups is 2. The van der Waals surface area contributed by atoms with Crippen LogP contribution in [-0.4, -0.2) is 39.8 Å². The number of aromatic nitrogens is 2. The summed E-state index contributed by atoms with van der Waals surface area (Å²) in [6.07, 6.45) is 3.73. The number of ether oxygens (including phenoxy) is 1. The summed E-state index contributed by atoms with van der Waals surface area (Å²) in [7, 11) is 0. The molecule has 3 aromatic carbocycles. The molecule has 1 amide bonds. The van der Waals surface area contributed by atoms with Crippen molar-refractivity contribution in [3.8, 4) is 16.9 Å². The molecule has 1 aromatic heterocycles. The van der Waals surface area contributed by atoms with Crippen LogP contribution in [-0.2, 0) is 17.8 Å². The van der Waals surface area contributed by atoms with Gasteiger partial charge in [0.1, 0.15) is 11.6 Å². The summed E-state index contributed by atoms with van der Waals surface area (Å²) in [6, 6.07) is 19.3. The summed E-state index contributed by atoms with van der Waals surface area (Å²) < 4.78 is 7.21. The molecule has 0 unspecified atom stereocenters. The number of hydrogen-bond acceptors (Lipinski definition) is 5. The van der Waals surface area contributed by atoms with Gasteiger partial charge in [0.15, 0.2) is 0 Å². The zero-order valence-electron chi connectivity index (χ0n) is 23.5. The quantitative estimate of drug-likeness (QED) is 0.0976. The highest BCUT2D eigenvalue weighted by molar-refractivity contribution is 5.86. The number of anilines is 1. The van der Waals surface area contributed by atoms with Crippen molar-refractivity contribution in [2.24, 2.45) is 0 Å². The van der Waals surface area contributed by atoms with Gasteiger partial charge < -0.3 is 25.0 Å². The third-order valence-electron chi connectivity index (χ3n) is 6.84. The topological polar surface area (TPSA) is 105 Å². The predicted octanol–water partition coefficient (Wildman–Crippen LogP) is 6.79. The number of carboxylic acid groups (broad SMARTS) is 1. The maximum absolute atomic E-state index is 12.3. The first-order valence-corrected chi connectivity index (χ1v) is 14.0. The van der Waals surface area contributed by atoms with Gasteiger partial charge in [-0.05, 0) is 54.7 Å². The fourth-order valence-corrected chi connectivity index (χ4v) is 4.84. The molecule has 0 atom stereocenters. The minimum atomic E-state index is -1.34. The molecule has 0 fully saturated rings. The van der Waals surface area contributed by atoms with Gasteiger partial charge in [-0.1, -0.05) is 69.2 Å². The van der Waals surface area contributed by atoms with Crippen molar-refractivity contribution in [1.82, 2.24) is 14.9 Å². The molecule has 0 aliphatic rings. The molecule has 0 aliphatic carbocycles. The second kappa shape index (κ2) is 13.6. The Morgan fingerprint density at radius 2 is 1.77 bits per heavy atom. The number of nitrogens with one attached hydrogen (secondary N) is 2. The summed E-state index contributed by atoms with van der Waals surface area (Å²) in [4.78, 5) is 28.4. The summed E-state index contributed by atoms with van der Waals surface area (Å²) >= 11 is 0. The first kappa shape index (κ1) is 28.7. The third kappa shape index (κ3) is 7.20. The van der Waals surface area contributed by atoms with Crippen LogP contribution in [0.5, 0.6) is 5.75 Å². The second-order valence-corrected chi connectivity index (χ2v) is 10.00. The molecule has 8 nitrogen and oxygen atoms in total. The van der Waals surface area contributed by atoms with E-state index in [0.29, 0.717) is 18.8 Å². The number of carbonyl (C=O) groups excluding carboxylic acids is 1. The number of rotatable bonds is 13. The van der Waals surface area contributed by atoms with Crippen LogP contribution in [0.3, 0.4) is 0 Å². The average molecular weight is 543 g/mol. The Morgan fingerprint density at radius 3 is 2.50 bits per heavy atom. The lowest BCUT2D eigenvalue weighted by atomic mass is 10.0. The van der Waals surface area contributed by atoms with Crippen LogP contribution in [0, 0.1) is 6.92 Å². The number of amides is 1. The summed E-state index contributed by atoms with van der Waals surface area (Å²) in [5.41, 5.74) is 6.64. The van der Waals surface area contributed by atoms with Crippen molar-refractivity contribution < 1.29 is 19.4 Å². The number of unbranched alkanes of at least 4 members (excludes halogenated alkanes) is 2. The molecule has 40 heavy (non-hydrogen) atoms. The number of fused-ring (bicyclic) bond motifs is 1. The number of hydrogen-bond donors (Lipinski definition) is 3. The van der Waals surface area contributed by atoms with E-state index in [2.05, 4.69) is 42.0 Å². The SMILES string of the molecule is CCCCCNC(=O)CNc1cc(C)c2nc(CCC)n(Cc3ccc(-c4ccccc4OC(=O)O)cc3)c2c1. The van der Waals surface area contributed by atoms with Gasteiger partial charge in [0.05, 0.1) is 17.6 Å². The van der Waals surface area contributed by atoms with E-state index in [4.69, 9.17) is 14.8 Å². The van der Waals surface area contributed by atoms with E-state index in [1.807, 2.05) is 42.5 Å². The van der Waals surface area contributed by atoms with Gasteiger partial charge in [-0.3, -0.25) is 4.79 Å². The molecule has 0 bridgehead atoms. The third-order valence-corrected chi connectivity index (χ3v) is 6.84. The van der Waals surface area contributed by atoms with E-state index in [0.717, 1.165) is 76.9 Å². The first-order valence-electron chi connectivity index (χ1n) is 14.0. The van der Waals surface area contributed by atoms with Crippen molar-refractivity contribution in [3.63, 3.8) is 0 Å². The summed E-state index contributed by atoms with van der Waals surface area (Å²) in [5.74, 6) is 1.32. The molecule has 4 aromatic rings. The zero-order chi connectivity index (χ0) is 28.5. The smallest absolute Gasteiger partial charge is 0.449 e. The molecule has 210 valence electrons. The van der Waals surface area contributed by atoms with Gasteiger partial charge in [0, 0.05) is 30.8 Å². The highest BCUT2D eigenvalue weighted by Gasteiger charge is 2.15. The minimum absolute atomic E-state index is 0.00977. The van der Waals surface area contributed by atoms with Crippen molar-refractivity contribution in [2.45, 2.75) is 59.4 Å². The molecule has 3 N–H and O–H groups in total. The number of imidazole rings is 1. The minimum Gasteiger partial charge on any atom is -0.449 e. The molecule has 0 aliphatic heterocycles. The fraction of sp³-hybridized carbons (Fsp3) is 0.344. The van der Waals surface area contributed by atoms with Gasteiger partial charge in [0.2, 0.25) is 5.91 Å². The Kier molecular flexibility index (Phi) is 9.78. The van der Waals surface area contributed by atoms with Gasteiger partial charge in [-0.25, -0.2) is 9.78 Å². The van der Waals surface area contributed by atoms with Gasteiger partial charge in [-0.15, -0.1) is 0 Å². The molecule has 0 saturated heterocycles. The van der Waals surface area contributed by atoms with E-state index >= 15 is 0 Å². The van der Waals surface area contributed by atoms with Crippen LogP contribution in [0.2, 0.25) is 0 Å². The average Bonchev–Trinajstić information content (AvgIpc) is 3.28. The zero-order valence-corrected chi connectivity index (χ0v) is 23.5. The van der Waals surface area contributed by atoms with Crippen LogP contribution < -0.4 is 15.4 Å². The molecule has 0 spiro atoms. The van der Waals surface area contributed by atoms with Crippen molar-refractivity contribution in [3.05, 3.63) is 77.6 Å². The van der Waals surface area contributed by atoms with Gasteiger partial charge in [-0.2, -0.15) is 0 Å². The normalized spacial score (nSPS) is 11.0. The fourth-order valence-electron chi connectivity index (χ4n) is 4.84. The Balaban J connectivity index is 1.56. The Bertz CT molecular complexity index is 1460. The monoisotopic (exact) mass is 542 g/mol. The Hall–Kier alpha value is -4.33. The highest BCUT2D eigenvalue weighted by atomic mass is 16.7. The molecule has 4 rings (SSSR count). The van der Waals surface area contributed by atoms with Crippen LogP contribution in [0.15, 0.2) is 60.7 Å². The molecule has 1 heterocycles. The molecule has 0 radical (unpaired) electrons. The van der Waals surface area contributed by atoms with Crippen LogP contribution in [0.4, 0.5) is 10.5 Å². The molecular formula is C32H38N4O4. The van der Waals surface area contributed by atoms with Crippen LogP contribution >= 0.6 is 0 Å². The molecule has 0 saturated carbocycles. The lowest BCUT2D eigenvalue weighted by Crippen LogP contribution is -2.30. The summed E-state index contributed by atoms with van der Waals surface area (Å²) in [6.45, 7) is 7.91. The lowest BCUT2D eigenvalue weighted by Gasteiger charge is -2.13. The highest BCUT2D eigenvalue weighted by Crippen LogP contribution is 2.31. The van der Waals surface area contributed by atoms with E-state index < -0.39 is 6.16 Å². The van der Waals surface area contributed by atoms with Gasteiger partial charge in [0.25, 0.3) is 0 Å². The largest absolute Gasteiger partial charge is 0.511 e. The standard InChI is InChI=1S/C32H38N4O4/c1-4-6-9-17-33-30(37)20-34-25-18-22(3)31-27(19-25)36(29(35-31)10-5-2)21-23-13-15-24(16-14-23)26-11-7-8-12-28(26)40-32(38)39/h7-8,11-16,18-19,34H,4-6,9-10,17,20-21H2,1-3H3,(H,33,37)(H,38,39). The Morgan fingerprint density at radius 1 is 1.00 bits per heavy atom. The summed E-state index contributed by atoms with van der Waals surface area (Å²) in [5, 5.41) is 15.3. The van der Waals surface area contributed by atoms with Crippen LogP contribution in [0.1, 0.15) is 56.5 Å². The predicted molar refractivity (Wildman–Crippen MR) is 159 cm³/mol. The molecule has 8 heteroatoms. The van der Waals surface area contributed by atoms with Crippen molar-refractivity contribution >= 4 is 28.8 Å².